The van der Waals surface area contributed by atoms with Gasteiger partial charge in [0.1, 0.15) is 11.7 Å². The third-order valence-electron chi connectivity index (χ3n) is 4.26. The fourth-order valence-electron chi connectivity index (χ4n) is 3.11. The van der Waals surface area contributed by atoms with Crippen LogP contribution in [0.3, 0.4) is 0 Å². The number of carbonyl (C=O) groups excluding carboxylic acids is 1. The Kier molecular flexibility index (Phi) is 7.10. The van der Waals surface area contributed by atoms with Crippen LogP contribution < -0.4 is 0 Å². The summed E-state index contributed by atoms with van der Waals surface area (Å²) in [5.74, 6) is -1.36. The Balaban J connectivity index is 2.66. The van der Waals surface area contributed by atoms with Gasteiger partial charge in [-0.15, -0.1) is 0 Å². The first-order valence-electron chi connectivity index (χ1n) is 8.71. The van der Waals surface area contributed by atoms with Gasteiger partial charge in [0.2, 0.25) is 0 Å². The SMILES string of the molecule is [C-]#[N+]C1C(C)=NC(CCC)=C(C(=O)OCCC)C1c1ccc(F)cc1Br. The summed E-state index contributed by atoms with van der Waals surface area (Å²) in [6.07, 6.45) is 2.15. The molecule has 1 aliphatic heterocycles. The minimum absolute atomic E-state index is 0.310. The molecular weight excluding hydrogens is 399 g/mol. The molecule has 0 bridgehead atoms. The van der Waals surface area contributed by atoms with Crippen molar-refractivity contribution in [3.05, 3.63) is 56.7 Å². The van der Waals surface area contributed by atoms with E-state index in [0.717, 1.165) is 6.42 Å². The third-order valence-corrected chi connectivity index (χ3v) is 4.94. The topological polar surface area (TPSA) is 43.0 Å². The molecule has 2 rings (SSSR count). The van der Waals surface area contributed by atoms with Crippen molar-refractivity contribution in [1.29, 1.82) is 0 Å². The van der Waals surface area contributed by atoms with E-state index in [0.29, 0.717) is 46.5 Å². The number of carbonyl (C=O) groups is 1. The Morgan fingerprint density at radius 3 is 2.69 bits per heavy atom. The molecule has 1 heterocycles. The maximum Gasteiger partial charge on any atom is 0.336 e. The monoisotopic (exact) mass is 420 g/mol. The first-order chi connectivity index (χ1) is 12.4. The average molecular weight is 421 g/mol. The second-order valence-electron chi connectivity index (χ2n) is 6.22. The van der Waals surface area contributed by atoms with Gasteiger partial charge in [-0.2, -0.15) is 0 Å². The highest BCUT2D eigenvalue weighted by Crippen LogP contribution is 2.41. The molecular formula is C20H22BrFN2O2. The van der Waals surface area contributed by atoms with Gasteiger partial charge in [-0.1, -0.05) is 42.3 Å². The second-order valence-corrected chi connectivity index (χ2v) is 7.07. The number of aliphatic imine (C=N–C) groups is 1. The van der Waals surface area contributed by atoms with E-state index >= 15 is 0 Å². The Morgan fingerprint density at radius 1 is 1.38 bits per heavy atom. The first-order valence-corrected chi connectivity index (χ1v) is 9.50. The standard InChI is InChI=1S/C20H22BrFN2O2/c1-5-7-16-18(20(25)26-10-6-2)17(19(23-4)12(3)24-16)14-9-8-13(22)11-15(14)21/h8-9,11,17,19H,5-7,10H2,1-3H3. The molecule has 0 saturated heterocycles. The predicted octanol–water partition coefficient (Wildman–Crippen LogP) is 5.44. The number of hydrogen-bond acceptors (Lipinski definition) is 3. The Labute approximate surface area is 162 Å². The van der Waals surface area contributed by atoms with E-state index in [2.05, 4.69) is 25.8 Å². The van der Waals surface area contributed by atoms with Crippen molar-refractivity contribution in [2.45, 2.75) is 52.0 Å². The van der Waals surface area contributed by atoms with Crippen LogP contribution in [0, 0.1) is 12.4 Å². The van der Waals surface area contributed by atoms with E-state index in [-0.39, 0.29) is 5.82 Å². The molecule has 0 radical (unpaired) electrons. The van der Waals surface area contributed by atoms with Crippen LogP contribution in [-0.2, 0) is 9.53 Å². The summed E-state index contributed by atoms with van der Waals surface area (Å²) in [5.41, 5.74) is 2.43. The molecule has 2 atom stereocenters. The van der Waals surface area contributed by atoms with Gasteiger partial charge >= 0.3 is 5.97 Å². The van der Waals surface area contributed by atoms with Crippen molar-refractivity contribution in [2.75, 3.05) is 6.61 Å². The molecule has 1 aromatic carbocycles. The third kappa shape index (κ3) is 4.21. The molecule has 26 heavy (non-hydrogen) atoms. The van der Waals surface area contributed by atoms with Crippen LogP contribution in [0.15, 0.2) is 38.9 Å². The van der Waals surface area contributed by atoms with Crippen molar-refractivity contribution in [3.8, 4) is 0 Å². The zero-order valence-corrected chi connectivity index (χ0v) is 16.8. The van der Waals surface area contributed by atoms with Gasteiger partial charge in [0, 0.05) is 4.47 Å². The van der Waals surface area contributed by atoms with E-state index < -0.39 is 17.9 Å². The van der Waals surface area contributed by atoms with Gasteiger partial charge in [-0.25, -0.2) is 15.8 Å². The molecule has 2 unspecified atom stereocenters. The largest absolute Gasteiger partial charge is 0.462 e. The summed E-state index contributed by atoms with van der Waals surface area (Å²) in [5, 5.41) is 0. The lowest BCUT2D eigenvalue weighted by atomic mass is 9.79. The van der Waals surface area contributed by atoms with Crippen LogP contribution in [-0.4, -0.2) is 24.3 Å². The molecule has 0 saturated carbocycles. The van der Waals surface area contributed by atoms with Gasteiger partial charge in [-0.05, 0) is 37.5 Å². The van der Waals surface area contributed by atoms with Crippen LogP contribution in [0.1, 0.15) is 51.5 Å². The van der Waals surface area contributed by atoms with Crippen LogP contribution in [0.4, 0.5) is 4.39 Å². The maximum atomic E-state index is 13.6. The van der Waals surface area contributed by atoms with Crippen molar-refractivity contribution < 1.29 is 13.9 Å². The van der Waals surface area contributed by atoms with Gasteiger partial charge in [0.15, 0.2) is 0 Å². The van der Waals surface area contributed by atoms with Crippen molar-refractivity contribution in [3.63, 3.8) is 0 Å². The van der Waals surface area contributed by atoms with Crippen molar-refractivity contribution >= 4 is 27.6 Å². The summed E-state index contributed by atoms with van der Waals surface area (Å²) >= 11 is 3.39. The summed E-state index contributed by atoms with van der Waals surface area (Å²) in [4.78, 5) is 21.1. The quantitative estimate of drug-likeness (QED) is 0.453. The minimum atomic E-state index is -0.624. The lowest BCUT2D eigenvalue weighted by molar-refractivity contribution is -0.139. The second kappa shape index (κ2) is 9.09. The lowest BCUT2D eigenvalue weighted by Gasteiger charge is -2.27. The summed E-state index contributed by atoms with van der Waals surface area (Å²) in [6, 6.07) is 3.70. The Morgan fingerprint density at radius 2 is 2.12 bits per heavy atom. The fraction of sp³-hybridized carbons (Fsp3) is 0.450. The highest BCUT2D eigenvalue weighted by molar-refractivity contribution is 9.10. The van der Waals surface area contributed by atoms with E-state index in [1.165, 1.54) is 12.1 Å². The zero-order valence-electron chi connectivity index (χ0n) is 15.2. The number of esters is 1. The van der Waals surface area contributed by atoms with E-state index in [1.54, 1.807) is 13.0 Å². The smallest absolute Gasteiger partial charge is 0.336 e. The van der Waals surface area contributed by atoms with Crippen LogP contribution in [0.25, 0.3) is 4.85 Å². The summed E-state index contributed by atoms with van der Waals surface area (Å²) < 4.78 is 19.5. The van der Waals surface area contributed by atoms with Crippen LogP contribution in [0.5, 0.6) is 0 Å². The van der Waals surface area contributed by atoms with Crippen LogP contribution >= 0.6 is 15.9 Å². The fourth-order valence-corrected chi connectivity index (χ4v) is 3.71. The minimum Gasteiger partial charge on any atom is -0.462 e. The van der Waals surface area contributed by atoms with Crippen LogP contribution in [0.2, 0.25) is 0 Å². The summed E-state index contributed by atoms with van der Waals surface area (Å²) in [6.45, 7) is 13.7. The molecule has 1 aromatic rings. The molecule has 138 valence electrons. The zero-order chi connectivity index (χ0) is 19.3. The van der Waals surface area contributed by atoms with Gasteiger partial charge in [-0.3, -0.25) is 4.99 Å². The normalized spacial score (nSPS) is 19.8. The summed E-state index contributed by atoms with van der Waals surface area (Å²) in [7, 11) is 0. The van der Waals surface area contributed by atoms with Gasteiger partial charge in [0.05, 0.1) is 23.6 Å². The number of allylic oxidation sites excluding steroid dienone is 1. The highest BCUT2D eigenvalue weighted by atomic mass is 79.9. The molecule has 4 nitrogen and oxygen atoms in total. The molecule has 6 heteroatoms. The Hall–Kier alpha value is -2.00. The lowest BCUT2D eigenvalue weighted by Crippen LogP contribution is -2.33. The number of halogens is 2. The molecule has 0 fully saturated rings. The predicted molar refractivity (Wildman–Crippen MR) is 104 cm³/mol. The van der Waals surface area contributed by atoms with Crippen molar-refractivity contribution in [1.82, 2.24) is 0 Å². The average Bonchev–Trinajstić information content (AvgIpc) is 2.59. The van der Waals surface area contributed by atoms with Gasteiger partial charge in [0.25, 0.3) is 6.04 Å². The number of ether oxygens (including phenoxy) is 1. The molecule has 0 aliphatic carbocycles. The first kappa shape index (κ1) is 20.3. The Bertz CT molecular complexity index is 795. The highest BCUT2D eigenvalue weighted by Gasteiger charge is 2.43. The molecule has 0 aromatic heterocycles. The number of hydrogen-bond donors (Lipinski definition) is 0. The molecule has 0 amide bonds. The number of benzene rings is 1. The van der Waals surface area contributed by atoms with E-state index in [9.17, 15) is 9.18 Å². The maximum absolute atomic E-state index is 13.6. The molecule has 0 spiro atoms. The number of rotatable bonds is 6. The number of nitrogens with zero attached hydrogens (tertiary/aromatic N) is 2. The molecule has 0 N–H and O–H groups in total. The van der Waals surface area contributed by atoms with E-state index in [1.807, 2.05) is 13.8 Å². The van der Waals surface area contributed by atoms with E-state index in [4.69, 9.17) is 11.3 Å². The molecule has 1 aliphatic rings. The van der Waals surface area contributed by atoms with Gasteiger partial charge < -0.3 is 9.58 Å². The van der Waals surface area contributed by atoms with Crippen molar-refractivity contribution in [2.24, 2.45) is 4.99 Å².